The Hall–Kier alpha value is -2.18. The maximum absolute atomic E-state index is 11.6. The maximum Gasteiger partial charge on any atom is 0.417 e. The van der Waals surface area contributed by atoms with E-state index >= 15 is 0 Å². The van der Waals surface area contributed by atoms with E-state index in [0.29, 0.717) is 11.4 Å². The van der Waals surface area contributed by atoms with Crippen LogP contribution in [-0.4, -0.2) is 14.9 Å². The summed E-state index contributed by atoms with van der Waals surface area (Å²) in [6.07, 6.45) is -0.660. The Kier molecular flexibility index (Phi) is 4.27. The first-order valence-electron chi connectivity index (χ1n) is 5.40. The number of anilines is 1. The molecule has 5 nitrogen and oxygen atoms in total. The zero-order chi connectivity index (χ0) is 13.7. The molecule has 0 fully saturated rings. The minimum absolute atomic E-state index is 0.206. The van der Waals surface area contributed by atoms with Gasteiger partial charge in [0.15, 0.2) is 11.1 Å². The summed E-state index contributed by atoms with van der Waals surface area (Å²) in [6.45, 7) is 0. The zero-order valence-corrected chi connectivity index (χ0v) is 10.6. The fourth-order valence-electron chi connectivity index (χ4n) is 1.42. The Balaban J connectivity index is 2.03. The van der Waals surface area contributed by atoms with Crippen molar-refractivity contribution < 1.29 is 18.3 Å². The van der Waals surface area contributed by atoms with Crippen LogP contribution in [0.3, 0.4) is 0 Å². The van der Waals surface area contributed by atoms with Crippen molar-refractivity contribution in [3.63, 3.8) is 0 Å². The number of hydrogen-bond donors (Lipinski definition) is 2. The molecule has 1 unspecified atom stereocenters. The Labute approximate surface area is 112 Å². The third kappa shape index (κ3) is 3.90. The van der Waals surface area contributed by atoms with E-state index < -0.39 is 17.2 Å². The predicted octanol–water partition coefficient (Wildman–Crippen LogP) is 2.88. The molecule has 0 saturated carbocycles. The van der Waals surface area contributed by atoms with Gasteiger partial charge in [0, 0.05) is 5.69 Å². The summed E-state index contributed by atoms with van der Waals surface area (Å²) >= 11 is -2.08. The molecular weight excluding hydrogens is 266 g/mol. The third-order valence-corrected chi connectivity index (χ3v) is 2.89. The first kappa shape index (κ1) is 13.3. The van der Waals surface area contributed by atoms with E-state index in [0.717, 1.165) is 0 Å². The van der Waals surface area contributed by atoms with Gasteiger partial charge in [-0.3, -0.25) is 5.32 Å². The number of hydrogen-bond acceptors (Lipinski definition) is 3. The molecule has 2 rings (SSSR count). The molecule has 6 heteroatoms. The van der Waals surface area contributed by atoms with Crippen molar-refractivity contribution in [3.8, 4) is 5.75 Å². The van der Waals surface area contributed by atoms with Crippen molar-refractivity contribution in [1.82, 2.24) is 0 Å². The molecule has 0 aliphatic carbocycles. The van der Waals surface area contributed by atoms with Gasteiger partial charge >= 0.3 is 6.09 Å². The molecule has 2 N–H and O–H groups in total. The van der Waals surface area contributed by atoms with Crippen LogP contribution < -0.4 is 10.1 Å². The molecule has 0 heterocycles. The van der Waals surface area contributed by atoms with E-state index in [9.17, 15) is 9.00 Å². The first-order chi connectivity index (χ1) is 9.15. The SMILES string of the molecule is O=C(Nc1cccc(S(=O)O)c1)Oc1ccccc1. The quantitative estimate of drug-likeness (QED) is 0.846. The highest BCUT2D eigenvalue weighted by Crippen LogP contribution is 2.14. The van der Waals surface area contributed by atoms with Crippen LogP contribution in [0.15, 0.2) is 59.5 Å². The molecule has 0 aliphatic heterocycles. The van der Waals surface area contributed by atoms with Crippen LogP contribution >= 0.6 is 0 Å². The van der Waals surface area contributed by atoms with Crippen LogP contribution in [0.4, 0.5) is 10.5 Å². The Morgan fingerprint density at radius 3 is 2.53 bits per heavy atom. The molecule has 98 valence electrons. The normalized spacial score (nSPS) is 11.6. The topological polar surface area (TPSA) is 75.6 Å². The summed E-state index contributed by atoms with van der Waals surface area (Å²) in [7, 11) is 0. The molecular formula is C13H11NO4S. The van der Waals surface area contributed by atoms with E-state index in [1.165, 1.54) is 12.1 Å². The molecule has 1 amide bonds. The number of nitrogens with one attached hydrogen (secondary N) is 1. The monoisotopic (exact) mass is 277 g/mol. The molecule has 2 aromatic rings. The lowest BCUT2D eigenvalue weighted by atomic mass is 10.3. The van der Waals surface area contributed by atoms with Gasteiger partial charge in [0.05, 0.1) is 4.90 Å². The second-order valence-corrected chi connectivity index (χ2v) is 4.57. The van der Waals surface area contributed by atoms with Crippen LogP contribution in [0.5, 0.6) is 5.75 Å². The van der Waals surface area contributed by atoms with Gasteiger partial charge in [0.25, 0.3) is 0 Å². The van der Waals surface area contributed by atoms with Crippen molar-refractivity contribution in [2.45, 2.75) is 4.90 Å². The van der Waals surface area contributed by atoms with Gasteiger partial charge in [-0.2, -0.15) is 0 Å². The average Bonchev–Trinajstić information content (AvgIpc) is 2.40. The van der Waals surface area contributed by atoms with Crippen molar-refractivity contribution in [1.29, 1.82) is 0 Å². The lowest BCUT2D eigenvalue weighted by Crippen LogP contribution is -2.16. The van der Waals surface area contributed by atoms with Gasteiger partial charge in [-0.15, -0.1) is 0 Å². The molecule has 19 heavy (non-hydrogen) atoms. The van der Waals surface area contributed by atoms with Crippen molar-refractivity contribution >= 4 is 22.9 Å². The second kappa shape index (κ2) is 6.12. The van der Waals surface area contributed by atoms with Crippen LogP contribution in [0.2, 0.25) is 0 Å². The smallest absolute Gasteiger partial charge is 0.410 e. The molecule has 0 bridgehead atoms. The Morgan fingerprint density at radius 2 is 1.84 bits per heavy atom. The summed E-state index contributed by atoms with van der Waals surface area (Å²) in [5, 5.41) is 2.48. The van der Waals surface area contributed by atoms with E-state index in [4.69, 9.17) is 9.29 Å². The summed E-state index contributed by atoms with van der Waals surface area (Å²) in [5.74, 6) is 0.418. The Bertz CT molecular complexity index is 601. The van der Waals surface area contributed by atoms with Gasteiger partial charge in [-0.05, 0) is 30.3 Å². The fraction of sp³-hybridized carbons (Fsp3) is 0. The van der Waals surface area contributed by atoms with Gasteiger partial charge in [0.1, 0.15) is 5.75 Å². The molecule has 0 spiro atoms. The molecule has 0 saturated heterocycles. The van der Waals surface area contributed by atoms with Gasteiger partial charge in [-0.25, -0.2) is 9.00 Å². The number of benzene rings is 2. The van der Waals surface area contributed by atoms with E-state index in [2.05, 4.69) is 5.32 Å². The number of carbonyl (C=O) groups excluding carboxylic acids is 1. The maximum atomic E-state index is 11.6. The van der Waals surface area contributed by atoms with Crippen LogP contribution in [0, 0.1) is 0 Å². The van der Waals surface area contributed by atoms with Gasteiger partial charge in [0.2, 0.25) is 0 Å². The van der Waals surface area contributed by atoms with Crippen molar-refractivity contribution in [3.05, 3.63) is 54.6 Å². The van der Waals surface area contributed by atoms with Crippen LogP contribution in [-0.2, 0) is 11.1 Å². The van der Waals surface area contributed by atoms with Gasteiger partial charge in [-0.1, -0.05) is 24.3 Å². The summed E-state index contributed by atoms with van der Waals surface area (Å²) in [6, 6.07) is 14.7. The van der Waals surface area contributed by atoms with Crippen molar-refractivity contribution in [2.24, 2.45) is 0 Å². The van der Waals surface area contributed by atoms with Crippen LogP contribution in [0.25, 0.3) is 0 Å². The second-order valence-electron chi connectivity index (χ2n) is 3.60. The first-order valence-corrected chi connectivity index (χ1v) is 6.50. The zero-order valence-electron chi connectivity index (χ0n) is 9.78. The summed E-state index contributed by atoms with van der Waals surface area (Å²) in [5.41, 5.74) is 0.390. The highest BCUT2D eigenvalue weighted by Gasteiger charge is 2.06. The molecule has 2 aromatic carbocycles. The van der Waals surface area contributed by atoms with Gasteiger partial charge < -0.3 is 9.29 Å². The lowest BCUT2D eigenvalue weighted by molar-refractivity contribution is 0.215. The van der Waals surface area contributed by atoms with Crippen LogP contribution in [0.1, 0.15) is 0 Å². The highest BCUT2D eigenvalue weighted by molar-refractivity contribution is 7.79. The minimum Gasteiger partial charge on any atom is -0.410 e. The largest absolute Gasteiger partial charge is 0.417 e. The van der Waals surface area contributed by atoms with E-state index in [-0.39, 0.29) is 4.90 Å². The number of rotatable bonds is 3. The number of ether oxygens (including phenoxy) is 1. The highest BCUT2D eigenvalue weighted by atomic mass is 32.2. The summed E-state index contributed by atoms with van der Waals surface area (Å²) in [4.78, 5) is 11.8. The number of carbonyl (C=O) groups is 1. The van der Waals surface area contributed by atoms with E-state index in [1.807, 2.05) is 6.07 Å². The number of amides is 1. The summed E-state index contributed by atoms with van der Waals surface area (Å²) < 4.78 is 24.9. The number of para-hydroxylation sites is 1. The molecule has 1 atom stereocenters. The Morgan fingerprint density at radius 1 is 1.11 bits per heavy atom. The lowest BCUT2D eigenvalue weighted by Gasteiger charge is -2.07. The fourth-order valence-corrected chi connectivity index (χ4v) is 1.84. The molecule has 0 aromatic heterocycles. The van der Waals surface area contributed by atoms with E-state index in [1.54, 1.807) is 36.4 Å². The molecule has 0 radical (unpaired) electrons. The minimum atomic E-state index is -2.08. The average molecular weight is 277 g/mol. The standard InChI is InChI=1S/C13H11NO4S/c15-13(18-11-6-2-1-3-7-11)14-10-5-4-8-12(9-10)19(16)17/h1-9H,(H,14,15)(H,16,17). The van der Waals surface area contributed by atoms with Crippen molar-refractivity contribution in [2.75, 3.05) is 5.32 Å². The molecule has 0 aliphatic rings. The predicted molar refractivity (Wildman–Crippen MR) is 71.6 cm³/mol. The third-order valence-electron chi connectivity index (χ3n) is 2.24.